The zero-order chi connectivity index (χ0) is 14.4. The molecular formula is C11H13N3O5. The van der Waals surface area contributed by atoms with Crippen molar-refractivity contribution in [1.29, 1.82) is 0 Å². The maximum absolute atomic E-state index is 11.4. The predicted octanol–water partition coefficient (Wildman–Crippen LogP) is 0.0873. The highest BCUT2D eigenvalue weighted by Gasteiger charge is 2.09. The SMILES string of the molecule is NC(=O)CCNC(=O)Nc1ccc(C(=O)O)cc1O. The average molecular weight is 267 g/mol. The van der Waals surface area contributed by atoms with Crippen molar-refractivity contribution in [3.63, 3.8) is 0 Å². The largest absolute Gasteiger partial charge is 0.506 e. The Labute approximate surface area is 108 Å². The number of amides is 3. The van der Waals surface area contributed by atoms with E-state index in [1.54, 1.807) is 0 Å². The average Bonchev–Trinajstić information content (AvgIpc) is 2.31. The number of carboxylic acid groups (broad SMARTS) is 1. The summed E-state index contributed by atoms with van der Waals surface area (Å²) in [5.41, 5.74) is 4.85. The lowest BCUT2D eigenvalue weighted by atomic mass is 10.2. The third kappa shape index (κ3) is 4.54. The van der Waals surface area contributed by atoms with Gasteiger partial charge in [0.1, 0.15) is 5.75 Å². The monoisotopic (exact) mass is 267 g/mol. The van der Waals surface area contributed by atoms with Crippen LogP contribution in [0.4, 0.5) is 10.5 Å². The minimum Gasteiger partial charge on any atom is -0.506 e. The summed E-state index contributed by atoms with van der Waals surface area (Å²) in [6, 6.07) is 2.87. The molecule has 8 heteroatoms. The number of carbonyl (C=O) groups is 3. The summed E-state index contributed by atoms with van der Waals surface area (Å²) in [5.74, 6) is -2.10. The zero-order valence-electron chi connectivity index (χ0n) is 9.84. The number of aromatic carboxylic acids is 1. The quantitative estimate of drug-likeness (QED) is 0.480. The van der Waals surface area contributed by atoms with E-state index < -0.39 is 17.9 Å². The van der Waals surface area contributed by atoms with Crippen molar-refractivity contribution >= 4 is 23.6 Å². The Balaban J connectivity index is 2.59. The van der Waals surface area contributed by atoms with E-state index in [1.807, 2.05) is 0 Å². The molecule has 0 unspecified atom stereocenters. The molecular weight excluding hydrogens is 254 g/mol. The van der Waals surface area contributed by atoms with E-state index in [2.05, 4.69) is 10.6 Å². The Morgan fingerprint density at radius 3 is 2.47 bits per heavy atom. The molecule has 8 nitrogen and oxygen atoms in total. The highest BCUT2D eigenvalue weighted by molar-refractivity contribution is 5.93. The van der Waals surface area contributed by atoms with Gasteiger partial charge in [-0.3, -0.25) is 4.79 Å². The summed E-state index contributed by atoms with van der Waals surface area (Å²) in [6.45, 7) is 0.0646. The number of carboxylic acids is 1. The molecule has 0 bridgehead atoms. The highest BCUT2D eigenvalue weighted by Crippen LogP contribution is 2.24. The molecule has 0 atom stereocenters. The summed E-state index contributed by atoms with van der Waals surface area (Å²) >= 11 is 0. The third-order valence-corrected chi connectivity index (χ3v) is 2.15. The fourth-order valence-electron chi connectivity index (χ4n) is 1.24. The molecule has 0 radical (unpaired) electrons. The van der Waals surface area contributed by atoms with Crippen LogP contribution in [-0.4, -0.2) is 34.7 Å². The van der Waals surface area contributed by atoms with Gasteiger partial charge in [0.2, 0.25) is 5.91 Å². The number of phenolic OH excluding ortho intramolecular Hbond substituents is 1. The Hall–Kier alpha value is -2.77. The third-order valence-electron chi connectivity index (χ3n) is 2.15. The van der Waals surface area contributed by atoms with Crippen molar-refractivity contribution in [2.75, 3.05) is 11.9 Å². The van der Waals surface area contributed by atoms with Crippen LogP contribution >= 0.6 is 0 Å². The summed E-state index contributed by atoms with van der Waals surface area (Å²) < 4.78 is 0. The number of hydrogen-bond donors (Lipinski definition) is 5. The first kappa shape index (κ1) is 14.3. The predicted molar refractivity (Wildman–Crippen MR) is 65.9 cm³/mol. The second kappa shape index (κ2) is 6.24. The van der Waals surface area contributed by atoms with E-state index in [1.165, 1.54) is 12.1 Å². The molecule has 1 rings (SSSR count). The van der Waals surface area contributed by atoms with E-state index in [0.717, 1.165) is 6.07 Å². The number of nitrogens with one attached hydrogen (secondary N) is 2. The number of hydrogen-bond acceptors (Lipinski definition) is 4. The number of nitrogens with two attached hydrogens (primary N) is 1. The number of carbonyl (C=O) groups excluding carboxylic acids is 2. The molecule has 0 fully saturated rings. The fraction of sp³-hybridized carbons (Fsp3) is 0.182. The van der Waals surface area contributed by atoms with Crippen LogP contribution in [0, 0.1) is 0 Å². The molecule has 19 heavy (non-hydrogen) atoms. The molecule has 0 saturated heterocycles. The van der Waals surface area contributed by atoms with Crippen molar-refractivity contribution in [1.82, 2.24) is 5.32 Å². The van der Waals surface area contributed by atoms with Gasteiger partial charge in [-0.2, -0.15) is 0 Å². The Morgan fingerprint density at radius 1 is 1.26 bits per heavy atom. The van der Waals surface area contributed by atoms with Crippen molar-refractivity contribution in [3.05, 3.63) is 23.8 Å². The summed E-state index contributed by atoms with van der Waals surface area (Å²) in [5, 5.41) is 22.9. The van der Waals surface area contributed by atoms with Gasteiger partial charge >= 0.3 is 12.0 Å². The van der Waals surface area contributed by atoms with Crippen LogP contribution in [0.2, 0.25) is 0 Å². The zero-order valence-corrected chi connectivity index (χ0v) is 9.84. The first-order valence-corrected chi connectivity index (χ1v) is 5.29. The van der Waals surface area contributed by atoms with E-state index in [-0.39, 0.29) is 30.0 Å². The van der Waals surface area contributed by atoms with Crippen LogP contribution < -0.4 is 16.4 Å². The maximum atomic E-state index is 11.4. The first-order valence-electron chi connectivity index (χ1n) is 5.29. The van der Waals surface area contributed by atoms with Gasteiger partial charge in [0.25, 0.3) is 0 Å². The number of anilines is 1. The molecule has 0 aromatic heterocycles. The van der Waals surface area contributed by atoms with Crippen molar-refractivity contribution in [2.24, 2.45) is 5.73 Å². The van der Waals surface area contributed by atoms with Crippen LogP contribution in [0.1, 0.15) is 16.8 Å². The molecule has 0 saturated carbocycles. The van der Waals surface area contributed by atoms with Crippen LogP contribution in [0.3, 0.4) is 0 Å². The van der Waals surface area contributed by atoms with Gasteiger partial charge in [-0.25, -0.2) is 9.59 Å². The molecule has 3 amide bonds. The second-order valence-corrected chi connectivity index (χ2v) is 3.63. The van der Waals surface area contributed by atoms with Gasteiger partial charge in [0, 0.05) is 13.0 Å². The highest BCUT2D eigenvalue weighted by atomic mass is 16.4. The van der Waals surface area contributed by atoms with E-state index in [0.29, 0.717) is 0 Å². The van der Waals surface area contributed by atoms with Crippen molar-refractivity contribution in [3.8, 4) is 5.75 Å². The lowest BCUT2D eigenvalue weighted by Crippen LogP contribution is -2.31. The molecule has 1 aromatic carbocycles. The van der Waals surface area contributed by atoms with Crippen LogP contribution in [0.15, 0.2) is 18.2 Å². The first-order chi connectivity index (χ1) is 8.90. The van der Waals surface area contributed by atoms with Gasteiger partial charge in [-0.15, -0.1) is 0 Å². The number of rotatable bonds is 5. The number of urea groups is 1. The van der Waals surface area contributed by atoms with E-state index >= 15 is 0 Å². The molecule has 6 N–H and O–H groups in total. The van der Waals surface area contributed by atoms with Gasteiger partial charge in [-0.1, -0.05) is 0 Å². The van der Waals surface area contributed by atoms with Crippen molar-refractivity contribution in [2.45, 2.75) is 6.42 Å². The topological polar surface area (TPSA) is 142 Å². The standard InChI is InChI=1S/C11H13N3O5/c12-9(16)3-4-13-11(19)14-7-2-1-6(10(17)18)5-8(7)15/h1-2,5,15H,3-4H2,(H2,12,16)(H,17,18)(H2,13,14,19). The van der Waals surface area contributed by atoms with Gasteiger partial charge in [0.15, 0.2) is 0 Å². The molecule has 0 spiro atoms. The molecule has 102 valence electrons. The number of benzene rings is 1. The minimum atomic E-state index is -1.19. The number of aromatic hydroxyl groups is 1. The van der Waals surface area contributed by atoms with Gasteiger partial charge in [0.05, 0.1) is 11.3 Å². The van der Waals surface area contributed by atoms with Crippen LogP contribution in [-0.2, 0) is 4.79 Å². The fourth-order valence-corrected chi connectivity index (χ4v) is 1.24. The van der Waals surface area contributed by atoms with Crippen LogP contribution in [0.25, 0.3) is 0 Å². The summed E-state index contributed by atoms with van der Waals surface area (Å²) in [6.07, 6.45) is -0.00262. The second-order valence-electron chi connectivity index (χ2n) is 3.63. The van der Waals surface area contributed by atoms with E-state index in [9.17, 15) is 19.5 Å². The molecule has 0 heterocycles. The van der Waals surface area contributed by atoms with Gasteiger partial charge in [-0.05, 0) is 18.2 Å². The van der Waals surface area contributed by atoms with Crippen LogP contribution in [0.5, 0.6) is 5.75 Å². The van der Waals surface area contributed by atoms with Gasteiger partial charge < -0.3 is 26.6 Å². The Bertz CT molecular complexity index is 515. The minimum absolute atomic E-state index is 0.00262. The Kier molecular flexibility index (Phi) is 4.69. The van der Waals surface area contributed by atoms with E-state index in [4.69, 9.17) is 10.8 Å². The smallest absolute Gasteiger partial charge is 0.335 e. The molecule has 0 aliphatic carbocycles. The molecule has 1 aromatic rings. The van der Waals surface area contributed by atoms with Crippen molar-refractivity contribution < 1.29 is 24.6 Å². The maximum Gasteiger partial charge on any atom is 0.335 e. The summed E-state index contributed by atoms with van der Waals surface area (Å²) in [7, 11) is 0. The lowest BCUT2D eigenvalue weighted by Gasteiger charge is -2.08. The molecule has 0 aliphatic heterocycles. The Morgan fingerprint density at radius 2 is 1.95 bits per heavy atom. The summed E-state index contributed by atoms with van der Waals surface area (Å²) in [4.78, 5) is 32.4. The normalized spacial score (nSPS) is 9.68. The molecule has 0 aliphatic rings. The lowest BCUT2D eigenvalue weighted by molar-refractivity contribution is -0.117. The number of phenols is 1. The number of primary amides is 1.